The smallest absolute Gasteiger partial charge is 0.335 e. The number of hydrogen-bond acceptors (Lipinski definition) is 7. The van der Waals surface area contributed by atoms with Crippen molar-refractivity contribution in [2.24, 2.45) is 11.8 Å². The lowest BCUT2D eigenvalue weighted by molar-refractivity contribution is 0.0697. The molecule has 1 N–H and O–H groups in total. The predicted molar refractivity (Wildman–Crippen MR) is 148 cm³/mol. The zero-order valence-electron chi connectivity index (χ0n) is 22.7. The molecule has 0 spiro atoms. The summed E-state index contributed by atoms with van der Waals surface area (Å²) in [7, 11) is 0. The first-order chi connectivity index (χ1) is 20.5. The Kier molecular flexibility index (Phi) is 5.65. The van der Waals surface area contributed by atoms with Gasteiger partial charge in [-0.15, -0.1) is 0 Å². The fourth-order valence-corrected chi connectivity index (χ4v) is 7.51. The number of imidazole rings is 1. The number of hydrogen-bond donors (Lipinski definition) is 1. The molecule has 2 aromatic carbocycles. The lowest BCUT2D eigenvalue weighted by Gasteiger charge is -2.19. The SMILES string of the molecule is N#Cc1ccc(COc2cccc([C@@]34C5[C@H]3[C@H]4CN5Cc3nc4ccc(C(=O)O)cc4n3C[C@@H]3CCCO3)n2)c(F)c1. The van der Waals surface area contributed by atoms with Crippen molar-refractivity contribution in [1.82, 2.24) is 19.4 Å². The van der Waals surface area contributed by atoms with Gasteiger partial charge in [0, 0.05) is 36.2 Å². The van der Waals surface area contributed by atoms with Crippen LogP contribution in [-0.4, -0.2) is 55.8 Å². The maximum absolute atomic E-state index is 14.3. The van der Waals surface area contributed by atoms with E-state index in [2.05, 4.69) is 15.5 Å². The van der Waals surface area contributed by atoms with Gasteiger partial charge in [0.05, 0.1) is 53.1 Å². The Hall–Kier alpha value is -4.33. The van der Waals surface area contributed by atoms with Crippen molar-refractivity contribution in [2.75, 3.05) is 13.2 Å². The second-order valence-corrected chi connectivity index (χ2v) is 11.8. The van der Waals surface area contributed by atoms with Crippen molar-refractivity contribution in [3.8, 4) is 11.9 Å². The molecule has 2 aliphatic carbocycles. The summed E-state index contributed by atoms with van der Waals surface area (Å²) in [5.41, 5.74) is 3.58. The highest BCUT2D eigenvalue weighted by atomic mass is 19.1. The zero-order chi connectivity index (χ0) is 28.6. The first-order valence-corrected chi connectivity index (χ1v) is 14.3. The molecule has 3 saturated heterocycles. The highest BCUT2D eigenvalue weighted by molar-refractivity contribution is 5.92. The number of carboxylic acid groups (broad SMARTS) is 1. The maximum Gasteiger partial charge on any atom is 0.335 e. The summed E-state index contributed by atoms with van der Waals surface area (Å²) >= 11 is 0. The fourth-order valence-electron chi connectivity index (χ4n) is 7.51. The van der Waals surface area contributed by atoms with Gasteiger partial charge in [0.25, 0.3) is 0 Å². The fraction of sp³-hybridized carbons (Fsp3) is 0.375. The number of rotatable bonds is 9. The van der Waals surface area contributed by atoms with E-state index < -0.39 is 11.8 Å². The number of benzene rings is 2. The molecule has 5 aliphatic rings. The van der Waals surface area contributed by atoms with Gasteiger partial charge in [-0.2, -0.15) is 5.26 Å². The average Bonchev–Trinajstić information content (AvgIpc) is 3.42. The third-order valence-electron chi connectivity index (χ3n) is 9.59. The molecule has 42 heavy (non-hydrogen) atoms. The molecule has 10 heteroatoms. The number of fused-ring (bicyclic) bond motifs is 2. The summed E-state index contributed by atoms with van der Waals surface area (Å²) in [4.78, 5) is 24.0. The van der Waals surface area contributed by atoms with Crippen molar-refractivity contribution in [3.63, 3.8) is 0 Å². The Balaban J connectivity index is 1.01. The van der Waals surface area contributed by atoms with Crippen molar-refractivity contribution < 1.29 is 23.8 Å². The predicted octanol–water partition coefficient (Wildman–Crippen LogP) is 4.28. The molecule has 212 valence electrons. The number of ether oxygens (including phenoxy) is 2. The Labute approximate surface area is 241 Å². The number of carbonyl (C=O) groups is 1. The maximum atomic E-state index is 14.3. The molecule has 0 radical (unpaired) electrons. The molecule has 5 atom stereocenters. The Morgan fingerprint density at radius 2 is 2.12 bits per heavy atom. The summed E-state index contributed by atoms with van der Waals surface area (Å²) < 4.78 is 28.3. The molecule has 0 amide bonds. The van der Waals surface area contributed by atoms with E-state index in [0.717, 1.165) is 48.5 Å². The third-order valence-corrected chi connectivity index (χ3v) is 9.59. The van der Waals surface area contributed by atoms with Crippen LogP contribution in [-0.2, 0) is 29.8 Å². The highest BCUT2D eigenvalue weighted by Gasteiger charge is 2.93. The number of aromatic nitrogens is 3. The first-order valence-electron chi connectivity index (χ1n) is 14.3. The number of carboxylic acids is 1. The molecule has 3 aliphatic heterocycles. The van der Waals surface area contributed by atoms with Gasteiger partial charge in [-0.1, -0.05) is 12.1 Å². The molecule has 2 aromatic heterocycles. The summed E-state index contributed by atoms with van der Waals surface area (Å²) in [5.74, 6) is 1.07. The van der Waals surface area contributed by atoms with E-state index >= 15 is 0 Å². The quantitative estimate of drug-likeness (QED) is 0.320. The van der Waals surface area contributed by atoms with Gasteiger partial charge >= 0.3 is 5.97 Å². The van der Waals surface area contributed by atoms with Crippen LogP contribution in [0.2, 0.25) is 0 Å². The van der Waals surface area contributed by atoms with Crippen LogP contribution in [0, 0.1) is 29.0 Å². The lowest BCUT2D eigenvalue weighted by Crippen LogP contribution is -2.26. The Morgan fingerprint density at radius 1 is 1.21 bits per heavy atom. The molecule has 9 rings (SSSR count). The summed E-state index contributed by atoms with van der Waals surface area (Å²) in [6.07, 6.45) is 2.12. The van der Waals surface area contributed by atoms with Crippen LogP contribution in [0.4, 0.5) is 4.39 Å². The van der Waals surface area contributed by atoms with Gasteiger partial charge in [0.1, 0.15) is 18.2 Å². The normalized spacial score (nSPS) is 27.1. The first kappa shape index (κ1) is 25.4. The zero-order valence-corrected chi connectivity index (χ0v) is 22.7. The van der Waals surface area contributed by atoms with Gasteiger partial charge in [-0.25, -0.2) is 19.2 Å². The minimum atomic E-state index is -0.949. The molecular weight excluding hydrogens is 537 g/mol. The number of nitriles is 1. The molecule has 5 fully saturated rings. The van der Waals surface area contributed by atoms with Gasteiger partial charge < -0.3 is 19.1 Å². The van der Waals surface area contributed by atoms with Crippen LogP contribution in [0.5, 0.6) is 5.88 Å². The minimum Gasteiger partial charge on any atom is -0.478 e. The molecule has 5 heterocycles. The topological polar surface area (TPSA) is 114 Å². The van der Waals surface area contributed by atoms with E-state index in [0.29, 0.717) is 42.4 Å². The number of pyridine rings is 1. The van der Waals surface area contributed by atoms with E-state index in [4.69, 9.17) is 24.7 Å². The lowest BCUT2D eigenvalue weighted by atomic mass is 10.0. The summed E-state index contributed by atoms with van der Waals surface area (Å²) in [5, 5.41) is 18.5. The number of piperidine rings is 1. The van der Waals surface area contributed by atoms with Gasteiger partial charge in [0.15, 0.2) is 0 Å². The van der Waals surface area contributed by atoms with E-state index in [1.54, 1.807) is 36.4 Å². The van der Waals surface area contributed by atoms with Gasteiger partial charge in [-0.05, 0) is 61.1 Å². The van der Waals surface area contributed by atoms with Gasteiger partial charge in [-0.3, -0.25) is 4.90 Å². The minimum absolute atomic E-state index is 0.0287. The number of aromatic carboxylic acids is 1. The van der Waals surface area contributed by atoms with Crippen molar-refractivity contribution >= 4 is 17.0 Å². The molecule has 1 unspecified atom stereocenters. The highest BCUT2D eigenvalue weighted by Crippen LogP contribution is 2.85. The average molecular weight is 566 g/mol. The van der Waals surface area contributed by atoms with Crippen LogP contribution in [0.3, 0.4) is 0 Å². The number of halogens is 1. The molecule has 2 bridgehead atoms. The van der Waals surface area contributed by atoms with Crippen LogP contribution in [0.25, 0.3) is 11.0 Å². The van der Waals surface area contributed by atoms with E-state index in [-0.39, 0.29) is 29.3 Å². The Bertz CT molecular complexity index is 1790. The van der Waals surface area contributed by atoms with Gasteiger partial charge in [0.2, 0.25) is 5.88 Å². The summed E-state index contributed by atoms with van der Waals surface area (Å²) in [6, 6.07) is 17.6. The second kappa shape index (κ2) is 9.34. The van der Waals surface area contributed by atoms with E-state index in [1.807, 2.05) is 12.1 Å². The van der Waals surface area contributed by atoms with E-state index in [9.17, 15) is 14.3 Å². The van der Waals surface area contributed by atoms with Crippen LogP contribution in [0.15, 0.2) is 54.6 Å². The van der Waals surface area contributed by atoms with Crippen molar-refractivity contribution in [3.05, 3.63) is 88.6 Å². The van der Waals surface area contributed by atoms with Crippen molar-refractivity contribution in [2.45, 2.75) is 50.1 Å². The van der Waals surface area contributed by atoms with E-state index in [1.165, 1.54) is 6.07 Å². The molecule has 2 saturated carbocycles. The Morgan fingerprint density at radius 3 is 2.88 bits per heavy atom. The number of nitrogens with zero attached hydrogens (tertiary/aromatic N) is 5. The molecular formula is C32H28FN5O4. The van der Waals surface area contributed by atoms with Crippen molar-refractivity contribution in [1.29, 1.82) is 5.26 Å². The largest absolute Gasteiger partial charge is 0.478 e. The van der Waals surface area contributed by atoms with Crippen LogP contribution < -0.4 is 4.74 Å². The standard InChI is InChI=1S/C32H28FN5O4/c33-23-11-18(13-34)6-7-20(23)17-42-28-5-1-4-26(36-28)32-22-15-37(30(32)29(22)32)16-27-35-24-9-8-19(31(39)40)12-25(24)38(27)14-21-3-2-10-41-21/h1,4-9,11-12,21-22,29-30H,2-3,10,14-17H2,(H,39,40)/t21-,22+,29+,30?,32+/m0/s1. The van der Waals surface area contributed by atoms with Crippen LogP contribution in [0.1, 0.15) is 45.8 Å². The third kappa shape index (κ3) is 3.84. The monoisotopic (exact) mass is 565 g/mol. The molecule has 9 nitrogen and oxygen atoms in total. The summed E-state index contributed by atoms with van der Waals surface area (Å²) in [6.45, 7) is 3.09. The molecule has 4 aromatic rings. The second-order valence-electron chi connectivity index (χ2n) is 11.8. The van der Waals surface area contributed by atoms with Crippen LogP contribution >= 0.6 is 0 Å².